The molecule has 0 bridgehead atoms. The van der Waals surface area contributed by atoms with E-state index in [1.54, 1.807) is 0 Å². The van der Waals surface area contributed by atoms with Gasteiger partial charge in [-0.05, 0) is 26.0 Å². The molecule has 0 spiro atoms. The number of carbonyl (C=O) groups is 1. The van der Waals surface area contributed by atoms with Crippen LogP contribution in [-0.2, 0) is 6.54 Å². The second-order valence-corrected chi connectivity index (χ2v) is 4.03. The molecule has 18 heavy (non-hydrogen) atoms. The number of nitrogens with zero attached hydrogens (tertiary/aromatic N) is 1. The molecule has 0 aliphatic carbocycles. The lowest BCUT2D eigenvalue weighted by Gasteiger charge is -2.09. The minimum absolute atomic E-state index is 0.0112. The van der Waals surface area contributed by atoms with Crippen molar-refractivity contribution in [3.8, 4) is 0 Å². The van der Waals surface area contributed by atoms with Crippen molar-refractivity contribution < 1.29 is 18.8 Å². The maximum Gasteiger partial charge on any atom is 0.358 e. The van der Waals surface area contributed by atoms with E-state index < -0.39 is 5.97 Å². The zero-order valence-corrected chi connectivity index (χ0v) is 10.1. The summed E-state index contributed by atoms with van der Waals surface area (Å²) in [6.07, 6.45) is 0. The lowest BCUT2D eigenvalue weighted by atomic mass is 10.2. The van der Waals surface area contributed by atoms with Crippen molar-refractivity contribution in [1.82, 2.24) is 10.5 Å². The third-order valence-corrected chi connectivity index (χ3v) is 2.55. The van der Waals surface area contributed by atoms with Crippen LogP contribution < -0.4 is 5.32 Å². The molecule has 96 valence electrons. The molecule has 0 amide bonds. The first kappa shape index (κ1) is 12.4. The van der Waals surface area contributed by atoms with Crippen molar-refractivity contribution in [1.29, 1.82) is 0 Å². The van der Waals surface area contributed by atoms with Crippen LogP contribution in [0, 0.1) is 6.92 Å². The Labute approximate surface area is 104 Å². The molecule has 2 aromatic heterocycles. The summed E-state index contributed by atoms with van der Waals surface area (Å²) in [4.78, 5) is 10.6. The highest BCUT2D eigenvalue weighted by Crippen LogP contribution is 2.16. The van der Waals surface area contributed by atoms with Gasteiger partial charge in [-0.1, -0.05) is 5.16 Å². The molecule has 2 aromatic rings. The average Bonchev–Trinajstić information content (AvgIpc) is 2.94. The summed E-state index contributed by atoms with van der Waals surface area (Å²) in [7, 11) is 0. The highest BCUT2D eigenvalue weighted by atomic mass is 16.5. The molecule has 2 heterocycles. The van der Waals surface area contributed by atoms with Crippen LogP contribution in [0.25, 0.3) is 0 Å². The standard InChI is InChI=1S/C12H14N2O4/c1-7-3-4-11(17-7)8(2)13-6-9-5-10(12(15)16)14-18-9/h3-5,8,13H,6H2,1-2H3,(H,15,16). The molecule has 0 radical (unpaired) electrons. The van der Waals surface area contributed by atoms with Gasteiger partial charge in [0.05, 0.1) is 12.6 Å². The minimum Gasteiger partial charge on any atom is -0.476 e. The average molecular weight is 250 g/mol. The van der Waals surface area contributed by atoms with Crippen LogP contribution in [-0.4, -0.2) is 16.2 Å². The van der Waals surface area contributed by atoms with Crippen molar-refractivity contribution in [3.05, 3.63) is 41.2 Å². The number of carboxylic acid groups (broad SMARTS) is 1. The number of hydrogen-bond acceptors (Lipinski definition) is 5. The first-order valence-corrected chi connectivity index (χ1v) is 5.55. The number of aromatic carboxylic acids is 1. The number of aromatic nitrogens is 1. The molecule has 0 aliphatic rings. The molecule has 6 heteroatoms. The van der Waals surface area contributed by atoms with E-state index in [9.17, 15) is 4.79 Å². The monoisotopic (exact) mass is 250 g/mol. The number of carboxylic acids is 1. The highest BCUT2D eigenvalue weighted by Gasteiger charge is 2.13. The summed E-state index contributed by atoms with van der Waals surface area (Å²) in [6.45, 7) is 4.22. The Morgan fingerprint density at radius 1 is 1.56 bits per heavy atom. The SMILES string of the molecule is Cc1ccc(C(C)NCc2cc(C(=O)O)no2)o1. The summed E-state index contributed by atoms with van der Waals surface area (Å²) < 4.78 is 10.4. The van der Waals surface area contributed by atoms with Crippen LogP contribution in [0.3, 0.4) is 0 Å². The van der Waals surface area contributed by atoms with Crippen molar-refractivity contribution in [3.63, 3.8) is 0 Å². The Morgan fingerprint density at radius 2 is 2.33 bits per heavy atom. The molecule has 2 N–H and O–H groups in total. The molecule has 1 unspecified atom stereocenters. The molecule has 0 aliphatic heterocycles. The van der Waals surface area contributed by atoms with E-state index >= 15 is 0 Å². The smallest absolute Gasteiger partial charge is 0.358 e. The van der Waals surface area contributed by atoms with E-state index in [2.05, 4.69) is 10.5 Å². The van der Waals surface area contributed by atoms with Gasteiger partial charge >= 0.3 is 5.97 Å². The zero-order chi connectivity index (χ0) is 13.1. The topological polar surface area (TPSA) is 88.5 Å². The third-order valence-electron chi connectivity index (χ3n) is 2.55. The zero-order valence-electron chi connectivity index (χ0n) is 10.1. The van der Waals surface area contributed by atoms with Gasteiger partial charge in [-0.25, -0.2) is 4.79 Å². The molecular weight excluding hydrogens is 236 g/mol. The van der Waals surface area contributed by atoms with Gasteiger partial charge in [-0.15, -0.1) is 0 Å². The number of furan rings is 1. The number of rotatable bonds is 5. The second-order valence-electron chi connectivity index (χ2n) is 4.03. The van der Waals surface area contributed by atoms with E-state index in [0.717, 1.165) is 11.5 Å². The molecule has 2 rings (SSSR count). The molecule has 0 saturated heterocycles. The van der Waals surface area contributed by atoms with Crippen molar-refractivity contribution in [2.24, 2.45) is 0 Å². The van der Waals surface area contributed by atoms with Gasteiger partial charge in [0.25, 0.3) is 0 Å². The predicted molar refractivity (Wildman–Crippen MR) is 62.2 cm³/mol. The van der Waals surface area contributed by atoms with Gasteiger partial charge in [0.1, 0.15) is 11.5 Å². The molecule has 1 atom stereocenters. The minimum atomic E-state index is -1.10. The largest absolute Gasteiger partial charge is 0.476 e. The van der Waals surface area contributed by atoms with E-state index in [1.165, 1.54) is 6.07 Å². The van der Waals surface area contributed by atoms with Crippen LogP contribution in [0.2, 0.25) is 0 Å². The van der Waals surface area contributed by atoms with Gasteiger partial charge < -0.3 is 19.4 Å². The molecule has 0 fully saturated rings. The molecule has 6 nitrogen and oxygen atoms in total. The Balaban J connectivity index is 1.92. The van der Waals surface area contributed by atoms with Crippen molar-refractivity contribution >= 4 is 5.97 Å². The molecule has 0 aromatic carbocycles. The summed E-state index contributed by atoms with van der Waals surface area (Å²) in [5.74, 6) is 1.05. The van der Waals surface area contributed by atoms with Gasteiger partial charge in [-0.3, -0.25) is 0 Å². The van der Waals surface area contributed by atoms with Crippen LogP contribution in [0.15, 0.2) is 27.1 Å². The number of nitrogens with one attached hydrogen (secondary N) is 1. The Kier molecular flexibility index (Phi) is 3.47. The first-order chi connectivity index (χ1) is 8.56. The van der Waals surface area contributed by atoms with Crippen LogP contribution >= 0.6 is 0 Å². The Hall–Kier alpha value is -2.08. The molecular formula is C12H14N2O4. The summed E-state index contributed by atoms with van der Waals surface area (Å²) in [5, 5.41) is 15.3. The van der Waals surface area contributed by atoms with E-state index in [0.29, 0.717) is 12.3 Å². The lowest BCUT2D eigenvalue weighted by Crippen LogP contribution is -2.17. The third kappa shape index (κ3) is 2.78. The lowest BCUT2D eigenvalue weighted by molar-refractivity contribution is 0.0685. The van der Waals surface area contributed by atoms with E-state index in [4.69, 9.17) is 14.0 Å². The van der Waals surface area contributed by atoms with Gasteiger partial charge in [0.15, 0.2) is 11.5 Å². The normalized spacial score (nSPS) is 12.6. The number of aryl methyl sites for hydroxylation is 1. The first-order valence-electron chi connectivity index (χ1n) is 5.55. The van der Waals surface area contributed by atoms with Crippen LogP contribution in [0.1, 0.15) is 40.7 Å². The van der Waals surface area contributed by atoms with Crippen LogP contribution in [0.5, 0.6) is 0 Å². The van der Waals surface area contributed by atoms with Crippen molar-refractivity contribution in [2.75, 3.05) is 0 Å². The quantitative estimate of drug-likeness (QED) is 0.845. The second kappa shape index (κ2) is 5.05. The highest BCUT2D eigenvalue weighted by molar-refractivity contribution is 5.85. The fourth-order valence-electron chi connectivity index (χ4n) is 1.54. The van der Waals surface area contributed by atoms with E-state index in [-0.39, 0.29) is 11.7 Å². The fourth-order valence-corrected chi connectivity index (χ4v) is 1.54. The summed E-state index contributed by atoms with van der Waals surface area (Å²) in [6, 6.07) is 5.20. The Morgan fingerprint density at radius 3 is 2.89 bits per heavy atom. The van der Waals surface area contributed by atoms with Crippen molar-refractivity contribution in [2.45, 2.75) is 26.4 Å². The maximum absolute atomic E-state index is 10.6. The van der Waals surface area contributed by atoms with Crippen LogP contribution in [0.4, 0.5) is 0 Å². The Bertz CT molecular complexity index is 544. The van der Waals surface area contributed by atoms with Gasteiger partial charge in [-0.2, -0.15) is 0 Å². The maximum atomic E-state index is 10.6. The van der Waals surface area contributed by atoms with Gasteiger partial charge in [0.2, 0.25) is 0 Å². The predicted octanol–water partition coefficient (Wildman–Crippen LogP) is 2.13. The summed E-state index contributed by atoms with van der Waals surface area (Å²) in [5.41, 5.74) is -0.0895. The summed E-state index contributed by atoms with van der Waals surface area (Å²) >= 11 is 0. The number of hydrogen-bond donors (Lipinski definition) is 2. The fraction of sp³-hybridized carbons (Fsp3) is 0.333. The van der Waals surface area contributed by atoms with Gasteiger partial charge in [0, 0.05) is 6.07 Å². The van der Waals surface area contributed by atoms with E-state index in [1.807, 2.05) is 26.0 Å². The molecule has 0 saturated carbocycles.